The van der Waals surface area contributed by atoms with Gasteiger partial charge in [-0.05, 0) is 42.9 Å². The summed E-state index contributed by atoms with van der Waals surface area (Å²) in [5.74, 6) is -0.955. The summed E-state index contributed by atoms with van der Waals surface area (Å²) in [7, 11) is 0. The Kier molecular flexibility index (Phi) is 6.67. The molecule has 2 unspecified atom stereocenters. The zero-order valence-corrected chi connectivity index (χ0v) is 16.7. The minimum Gasteiger partial charge on any atom is -0.370 e. The van der Waals surface area contributed by atoms with Crippen molar-refractivity contribution in [3.8, 4) is 0 Å². The summed E-state index contributed by atoms with van der Waals surface area (Å²) < 4.78 is 38.7. The van der Waals surface area contributed by atoms with Crippen molar-refractivity contribution in [3.05, 3.63) is 35.4 Å². The van der Waals surface area contributed by atoms with Crippen molar-refractivity contribution in [3.63, 3.8) is 0 Å². The largest absolute Gasteiger partial charge is 0.416 e. The topological polar surface area (TPSA) is 83.7 Å². The molecule has 1 aromatic carbocycles. The number of hydrogen-bond acceptors (Lipinski definition) is 3. The molecule has 2 fully saturated rings. The molecule has 2 N–H and O–H groups in total. The fourth-order valence-electron chi connectivity index (χ4n) is 4.26. The lowest BCUT2D eigenvalue weighted by Gasteiger charge is -2.34. The number of benzene rings is 1. The molecule has 9 heteroatoms. The molecule has 0 saturated carbocycles. The molecule has 2 aliphatic rings. The van der Waals surface area contributed by atoms with Gasteiger partial charge in [0.25, 0.3) is 0 Å². The van der Waals surface area contributed by atoms with Gasteiger partial charge in [-0.3, -0.25) is 14.4 Å². The first-order valence-corrected chi connectivity index (χ1v) is 10.1. The van der Waals surface area contributed by atoms with Gasteiger partial charge in [0.1, 0.15) is 0 Å². The molecule has 2 atom stereocenters. The van der Waals surface area contributed by atoms with Crippen molar-refractivity contribution in [1.82, 2.24) is 9.80 Å². The van der Waals surface area contributed by atoms with E-state index in [0.717, 1.165) is 25.0 Å². The fraction of sp³-hybridized carbons (Fsp3) is 0.571. The Bertz CT molecular complexity index is 812. The van der Waals surface area contributed by atoms with Crippen molar-refractivity contribution in [2.75, 3.05) is 19.6 Å². The molecule has 0 spiro atoms. The summed E-state index contributed by atoms with van der Waals surface area (Å²) in [6.45, 7) is 1.42. The van der Waals surface area contributed by atoms with Gasteiger partial charge in [0.05, 0.1) is 11.5 Å². The fourth-order valence-corrected chi connectivity index (χ4v) is 4.26. The molecular weight excluding hydrogens is 399 g/mol. The minimum atomic E-state index is -4.44. The number of carbonyl (C=O) groups is 3. The van der Waals surface area contributed by atoms with Crippen LogP contribution in [0.1, 0.15) is 43.2 Å². The van der Waals surface area contributed by atoms with Crippen LogP contribution in [0.25, 0.3) is 0 Å². The lowest BCUT2D eigenvalue weighted by molar-refractivity contribution is -0.138. The first kappa shape index (κ1) is 22.1. The first-order valence-electron chi connectivity index (χ1n) is 10.1. The third-order valence-corrected chi connectivity index (χ3v) is 5.82. The number of alkyl halides is 3. The van der Waals surface area contributed by atoms with Gasteiger partial charge in [-0.15, -0.1) is 0 Å². The van der Waals surface area contributed by atoms with Crippen molar-refractivity contribution in [2.45, 2.75) is 44.8 Å². The number of primary amides is 1. The van der Waals surface area contributed by atoms with Gasteiger partial charge >= 0.3 is 6.18 Å². The smallest absolute Gasteiger partial charge is 0.370 e. The zero-order chi connectivity index (χ0) is 21.9. The molecule has 2 aliphatic heterocycles. The summed E-state index contributed by atoms with van der Waals surface area (Å²) >= 11 is 0. The predicted octanol–water partition coefficient (Wildman–Crippen LogP) is 2.56. The number of carbonyl (C=O) groups excluding carboxylic acids is 3. The highest BCUT2D eigenvalue weighted by Gasteiger charge is 2.38. The second-order valence-corrected chi connectivity index (χ2v) is 8.17. The van der Waals surface area contributed by atoms with E-state index in [-0.39, 0.29) is 43.1 Å². The highest BCUT2D eigenvalue weighted by molar-refractivity contribution is 5.89. The van der Waals surface area contributed by atoms with Gasteiger partial charge in [-0.2, -0.15) is 13.2 Å². The van der Waals surface area contributed by atoms with Crippen molar-refractivity contribution in [2.24, 2.45) is 17.6 Å². The van der Waals surface area contributed by atoms with E-state index in [2.05, 4.69) is 0 Å². The monoisotopic (exact) mass is 425 g/mol. The van der Waals surface area contributed by atoms with E-state index in [1.54, 1.807) is 11.0 Å². The number of halogens is 3. The van der Waals surface area contributed by atoms with Crippen LogP contribution in [0.4, 0.5) is 13.2 Å². The Morgan fingerprint density at radius 1 is 1.20 bits per heavy atom. The number of rotatable bonds is 6. The number of amides is 3. The van der Waals surface area contributed by atoms with E-state index in [4.69, 9.17) is 5.73 Å². The predicted molar refractivity (Wildman–Crippen MR) is 103 cm³/mol. The third-order valence-electron chi connectivity index (χ3n) is 5.82. The highest BCUT2D eigenvalue weighted by Crippen LogP contribution is 2.31. The van der Waals surface area contributed by atoms with Crippen molar-refractivity contribution >= 4 is 17.7 Å². The molecule has 2 heterocycles. The van der Waals surface area contributed by atoms with Crippen LogP contribution in [0.5, 0.6) is 0 Å². The zero-order valence-electron chi connectivity index (χ0n) is 16.7. The van der Waals surface area contributed by atoms with Crippen LogP contribution in [0, 0.1) is 11.8 Å². The Morgan fingerprint density at radius 2 is 1.97 bits per heavy atom. The number of piperidine rings is 1. The summed E-state index contributed by atoms with van der Waals surface area (Å²) in [6.07, 6.45) is -1.67. The minimum absolute atomic E-state index is 0.0494. The maximum absolute atomic E-state index is 12.9. The first-order chi connectivity index (χ1) is 14.1. The average Bonchev–Trinajstić information content (AvgIpc) is 3.06. The van der Waals surface area contributed by atoms with E-state index in [0.29, 0.717) is 31.5 Å². The number of likely N-dealkylation sites (tertiary alicyclic amines) is 2. The van der Waals surface area contributed by atoms with E-state index in [1.165, 1.54) is 11.0 Å². The molecule has 6 nitrogen and oxygen atoms in total. The molecular formula is C21H26F3N3O3. The molecule has 1 aromatic rings. The number of hydrogen-bond donors (Lipinski definition) is 1. The maximum atomic E-state index is 12.9. The van der Waals surface area contributed by atoms with E-state index < -0.39 is 17.7 Å². The quantitative estimate of drug-likeness (QED) is 0.760. The van der Waals surface area contributed by atoms with E-state index in [1.807, 2.05) is 0 Å². The summed E-state index contributed by atoms with van der Waals surface area (Å²) in [5, 5.41) is 0. The second-order valence-electron chi connectivity index (χ2n) is 8.17. The van der Waals surface area contributed by atoms with E-state index >= 15 is 0 Å². The molecule has 3 amide bonds. The van der Waals surface area contributed by atoms with Crippen LogP contribution in [0.15, 0.2) is 24.3 Å². The average molecular weight is 425 g/mol. The van der Waals surface area contributed by atoms with Gasteiger partial charge in [0.2, 0.25) is 17.7 Å². The summed E-state index contributed by atoms with van der Waals surface area (Å²) in [4.78, 5) is 39.5. The molecule has 30 heavy (non-hydrogen) atoms. The third kappa shape index (κ3) is 5.52. The van der Waals surface area contributed by atoms with Crippen LogP contribution < -0.4 is 5.73 Å². The summed E-state index contributed by atoms with van der Waals surface area (Å²) in [5.41, 5.74) is 4.84. The van der Waals surface area contributed by atoms with Gasteiger partial charge in [-0.25, -0.2) is 0 Å². The van der Waals surface area contributed by atoms with Gasteiger partial charge in [0.15, 0.2) is 0 Å². The Labute approximate surface area is 173 Å². The molecule has 0 aromatic heterocycles. The van der Waals surface area contributed by atoms with Crippen LogP contribution in [-0.4, -0.2) is 47.2 Å². The van der Waals surface area contributed by atoms with Crippen LogP contribution in [-0.2, 0) is 27.1 Å². The highest BCUT2D eigenvalue weighted by atomic mass is 19.4. The Balaban J connectivity index is 1.58. The number of nitrogens with two attached hydrogens (primary N) is 1. The maximum Gasteiger partial charge on any atom is 0.416 e. The lowest BCUT2D eigenvalue weighted by atomic mass is 9.92. The second kappa shape index (κ2) is 9.06. The standard InChI is InChI=1S/C21H26F3N3O3/c22-21(23,24)17-5-1-3-15(9-17)12-27-13-16(10-19(27)29)20(30)26-8-2-4-14(11-26)6-7-18(25)28/h1,3,5,9,14,16H,2,4,6-8,10-13H2,(H2,25,28). The molecule has 2 saturated heterocycles. The normalized spacial score (nSPS) is 22.4. The van der Waals surface area contributed by atoms with Crippen LogP contribution in [0.2, 0.25) is 0 Å². The molecule has 0 bridgehead atoms. The van der Waals surface area contributed by atoms with Crippen molar-refractivity contribution in [1.29, 1.82) is 0 Å². The molecule has 164 valence electrons. The van der Waals surface area contributed by atoms with Gasteiger partial charge < -0.3 is 15.5 Å². The van der Waals surface area contributed by atoms with Crippen LogP contribution >= 0.6 is 0 Å². The number of nitrogens with zero attached hydrogens (tertiary/aromatic N) is 2. The Morgan fingerprint density at radius 3 is 2.67 bits per heavy atom. The molecule has 0 radical (unpaired) electrons. The molecule has 3 rings (SSSR count). The van der Waals surface area contributed by atoms with Gasteiger partial charge in [0, 0.05) is 39.0 Å². The Hall–Kier alpha value is -2.58. The SMILES string of the molecule is NC(=O)CCC1CCCN(C(=O)C2CC(=O)N(Cc3cccc(C(F)(F)F)c3)C2)C1. The van der Waals surface area contributed by atoms with E-state index in [9.17, 15) is 27.6 Å². The van der Waals surface area contributed by atoms with Crippen molar-refractivity contribution < 1.29 is 27.6 Å². The molecule has 0 aliphatic carbocycles. The summed E-state index contributed by atoms with van der Waals surface area (Å²) in [6, 6.07) is 4.90. The lowest BCUT2D eigenvalue weighted by Crippen LogP contribution is -2.43. The van der Waals surface area contributed by atoms with Gasteiger partial charge in [-0.1, -0.05) is 12.1 Å². The van der Waals surface area contributed by atoms with Crippen LogP contribution in [0.3, 0.4) is 0 Å².